The van der Waals surface area contributed by atoms with Crippen LogP contribution in [-0.4, -0.2) is 17.5 Å². The molecule has 0 saturated heterocycles. The molecule has 0 bridgehead atoms. The smallest absolute Gasteiger partial charge is 0.262 e. The lowest BCUT2D eigenvalue weighted by atomic mass is 10.0. The summed E-state index contributed by atoms with van der Waals surface area (Å²) < 4.78 is 12.4. The van der Waals surface area contributed by atoms with Crippen LogP contribution in [0, 0.1) is 0 Å². The largest absolute Gasteiger partial charge is 0.484 e. The van der Waals surface area contributed by atoms with Crippen molar-refractivity contribution >= 4 is 61.0 Å². The van der Waals surface area contributed by atoms with Gasteiger partial charge in [-0.1, -0.05) is 51.8 Å². The van der Waals surface area contributed by atoms with Crippen molar-refractivity contribution in [1.29, 1.82) is 0 Å². The van der Waals surface area contributed by atoms with Gasteiger partial charge in [-0.15, -0.1) is 0 Å². The number of hydrogen-bond donors (Lipinski definition) is 1. The number of hydrogen-bond acceptors (Lipinski definition) is 4. The van der Waals surface area contributed by atoms with Crippen molar-refractivity contribution in [1.82, 2.24) is 4.98 Å². The lowest BCUT2D eigenvalue weighted by Crippen LogP contribution is -2.20. The van der Waals surface area contributed by atoms with Gasteiger partial charge in [0.2, 0.25) is 5.89 Å². The van der Waals surface area contributed by atoms with E-state index in [0.717, 1.165) is 20.8 Å². The maximum atomic E-state index is 12.3. The van der Waals surface area contributed by atoms with Gasteiger partial charge in [-0.05, 0) is 60.0 Å². The summed E-state index contributed by atoms with van der Waals surface area (Å²) in [6.07, 6.45) is 0. The average Bonchev–Trinajstić information content (AvgIpc) is 3.22. The molecule has 0 fully saturated rings. The molecule has 7 heteroatoms. The zero-order chi connectivity index (χ0) is 22.1. The second-order valence-corrected chi connectivity index (χ2v) is 8.46. The minimum Gasteiger partial charge on any atom is -0.484 e. The number of benzene rings is 4. The van der Waals surface area contributed by atoms with E-state index in [4.69, 9.17) is 20.8 Å². The highest BCUT2D eigenvalue weighted by Gasteiger charge is 2.13. The van der Waals surface area contributed by atoms with Crippen molar-refractivity contribution in [3.63, 3.8) is 0 Å². The summed E-state index contributed by atoms with van der Waals surface area (Å²) in [6.45, 7) is -0.0967. The number of oxazole rings is 1. The van der Waals surface area contributed by atoms with E-state index < -0.39 is 0 Å². The Labute approximate surface area is 197 Å². The predicted molar refractivity (Wildman–Crippen MR) is 130 cm³/mol. The number of fused-ring (bicyclic) bond motifs is 2. The Morgan fingerprint density at radius 1 is 1.00 bits per heavy atom. The third kappa shape index (κ3) is 4.20. The molecule has 1 amide bonds. The highest BCUT2D eigenvalue weighted by Crippen LogP contribution is 2.34. The number of halogens is 2. The van der Waals surface area contributed by atoms with Crippen molar-refractivity contribution in [2.75, 3.05) is 11.9 Å². The number of carbonyl (C=O) groups excluding carboxylic acids is 1. The Morgan fingerprint density at radius 3 is 2.62 bits per heavy atom. The topological polar surface area (TPSA) is 64.4 Å². The van der Waals surface area contributed by atoms with Gasteiger partial charge in [0.25, 0.3) is 5.91 Å². The van der Waals surface area contributed by atoms with E-state index >= 15 is 0 Å². The van der Waals surface area contributed by atoms with Gasteiger partial charge in [-0.3, -0.25) is 4.79 Å². The van der Waals surface area contributed by atoms with Gasteiger partial charge >= 0.3 is 0 Å². The van der Waals surface area contributed by atoms with Crippen LogP contribution in [0.3, 0.4) is 0 Å². The number of anilines is 1. The van der Waals surface area contributed by atoms with E-state index in [1.54, 1.807) is 30.3 Å². The highest BCUT2D eigenvalue weighted by molar-refractivity contribution is 9.10. The van der Waals surface area contributed by atoms with E-state index in [-0.39, 0.29) is 12.5 Å². The van der Waals surface area contributed by atoms with E-state index in [0.29, 0.717) is 33.4 Å². The first kappa shape index (κ1) is 20.5. The van der Waals surface area contributed by atoms with Crippen molar-refractivity contribution in [3.8, 4) is 17.2 Å². The Hall–Kier alpha value is -3.35. The third-order valence-corrected chi connectivity index (χ3v) is 5.81. The molecular formula is C25H16BrClN2O3. The molecule has 0 aliphatic rings. The number of nitrogens with zero attached hydrogens (tertiary/aromatic N) is 1. The molecular weight excluding hydrogens is 492 g/mol. The van der Waals surface area contributed by atoms with Crippen LogP contribution in [0.2, 0.25) is 5.02 Å². The molecule has 0 radical (unpaired) electrons. The Bertz CT molecular complexity index is 1450. The molecule has 0 atom stereocenters. The fourth-order valence-corrected chi connectivity index (χ4v) is 3.96. The second-order valence-electron chi connectivity index (χ2n) is 7.13. The van der Waals surface area contributed by atoms with Crippen LogP contribution in [0.15, 0.2) is 87.8 Å². The second kappa shape index (κ2) is 8.65. The quantitative estimate of drug-likeness (QED) is 0.276. The minimum atomic E-state index is -0.264. The van der Waals surface area contributed by atoms with Crippen LogP contribution in [0.5, 0.6) is 5.75 Å². The molecule has 0 saturated carbocycles. The first-order chi connectivity index (χ1) is 15.6. The monoisotopic (exact) mass is 506 g/mol. The lowest BCUT2D eigenvalue weighted by molar-refractivity contribution is -0.118. The average molecular weight is 508 g/mol. The third-order valence-electron chi connectivity index (χ3n) is 4.95. The van der Waals surface area contributed by atoms with Gasteiger partial charge in [0.05, 0.1) is 0 Å². The molecule has 5 nitrogen and oxygen atoms in total. The number of amides is 1. The normalized spacial score (nSPS) is 11.1. The van der Waals surface area contributed by atoms with Crippen LogP contribution in [-0.2, 0) is 4.79 Å². The number of aromatic nitrogens is 1. The van der Waals surface area contributed by atoms with E-state index in [1.807, 2.05) is 48.5 Å². The fourth-order valence-electron chi connectivity index (χ4n) is 3.46. The zero-order valence-electron chi connectivity index (χ0n) is 16.6. The van der Waals surface area contributed by atoms with Gasteiger partial charge in [-0.25, -0.2) is 4.98 Å². The Morgan fingerprint density at radius 2 is 1.78 bits per heavy atom. The van der Waals surface area contributed by atoms with Crippen LogP contribution in [0.1, 0.15) is 0 Å². The summed E-state index contributed by atoms with van der Waals surface area (Å²) in [6, 6.07) is 24.2. The standard InChI is InChI=1S/C25H16BrClN2O3/c26-15-7-10-17(11-8-15)31-14-24(30)28-16-9-12-23-22(13-16)29-25(32-23)20-5-1-4-19-18(20)3-2-6-21(19)27/h1-13H,14H2,(H,28,30). The van der Waals surface area contributed by atoms with Gasteiger partial charge in [0, 0.05) is 26.1 Å². The van der Waals surface area contributed by atoms with Gasteiger partial charge in [0.15, 0.2) is 12.2 Å². The SMILES string of the molecule is O=C(COc1ccc(Br)cc1)Nc1ccc2oc(-c3cccc4c(Cl)cccc34)nc2c1. The van der Waals surface area contributed by atoms with Crippen molar-refractivity contribution < 1.29 is 13.9 Å². The molecule has 0 aliphatic heterocycles. The summed E-state index contributed by atoms with van der Waals surface area (Å²) in [5.41, 5.74) is 2.74. The molecule has 4 aromatic carbocycles. The summed E-state index contributed by atoms with van der Waals surface area (Å²) in [5.74, 6) is 0.852. The molecule has 0 spiro atoms. The zero-order valence-corrected chi connectivity index (χ0v) is 19.0. The number of nitrogens with one attached hydrogen (secondary N) is 1. The van der Waals surface area contributed by atoms with E-state index in [2.05, 4.69) is 26.2 Å². The molecule has 5 aromatic rings. The van der Waals surface area contributed by atoms with Crippen molar-refractivity contribution in [3.05, 3.63) is 88.4 Å². The molecule has 1 heterocycles. The van der Waals surface area contributed by atoms with Crippen molar-refractivity contribution in [2.45, 2.75) is 0 Å². The maximum absolute atomic E-state index is 12.3. The first-order valence-corrected chi connectivity index (χ1v) is 11.0. The Balaban J connectivity index is 1.36. The fraction of sp³-hybridized carbons (Fsp3) is 0.0400. The van der Waals surface area contributed by atoms with Crippen LogP contribution in [0.25, 0.3) is 33.3 Å². The number of rotatable bonds is 5. The summed E-state index contributed by atoms with van der Waals surface area (Å²) in [5, 5.41) is 5.41. The van der Waals surface area contributed by atoms with E-state index in [9.17, 15) is 4.79 Å². The predicted octanol–water partition coefficient (Wildman–Crippen LogP) is 7.08. The molecule has 0 unspecified atom stereocenters. The molecule has 5 rings (SSSR count). The van der Waals surface area contributed by atoms with Gasteiger partial charge in [-0.2, -0.15) is 0 Å². The lowest BCUT2D eigenvalue weighted by Gasteiger charge is -2.07. The highest BCUT2D eigenvalue weighted by atomic mass is 79.9. The Kier molecular flexibility index (Phi) is 5.55. The summed E-state index contributed by atoms with van der Waals surface area (Å²) in [7, 11) is 0. The molecule has 0 aliphatic carbocycles. The van der Waals surface area contributed by atoms with Crippen molar-refractivity contribution in [2.24, 2.45) is 0 Å². The molecule has 1 aromatic heterocycles. The minimum absolute atomic E-state index is 0.0967. The van der Waals surface area contributed by atoms with Crippen LogP contribution in [0.4, 0.5) is 5.69 Å². The molecule has 158 valence electrons. The maximum Gasteiger partial charge on any atom is 0.262 e. The molecule has 1 N–H and O–H groups in total. The van der Waals surface area contributed by atoms with Crippen LogP contribution < -0.4 is 10.1 Å². The first-order valence-electron chi connectivity index (χ1n) is 9.83. The summed E-state index contributed by atoms with van der Waals surface area (Å²) in [4.78, 5) is 16.9. The van der Waals surface area contributed by atoms with Gasteiger partial charge < -0.3 is 14.5 Å². The number of ether oxygens (including phenoxy) is 1. The number of carbonyl (C=O) groups is 1. The molecule has 32 heavy (non-hydrogen) atoms. The summed E-state index contributed by atoms with van der Waals surface area (Å²) >= 11 is 9.70. The van der Waals surface area contributed by atoms with Crippen LogP contribution >= 0.6 is 27.5 Å². The van der Waals surface area contributed by atoms with Gasteiger partial charge in [0.1, 0.15) is 11.3 Å². The van der Waals surface area contributed by atoms with E-state index in [1.165, 1.54) is 0 Å².